The molecule has 1 aliphatic rings. The maximum atomic E-state index is 12.8. The second-order valence-electron chi connectivity index (χ2n) is 5.33. The molecule has 0 radical (unpaired) electrons. The molecular weight excluding hydrogens is 416 g/mol. The lowest BCUT2D eigenvalue weighted by Crippen LogP contribution is -2.29. The van der Waals surface area contributed by atoms with Gasteiger partial charge in [-0.1, -0.05) is 27.5 Å². The van der Waals surface area contributed by atoms with Crippen LogP contribution in [0.1, 0.15) is 15.9 Å². The number of hydrogen-bond donors (Lipinski definition) is 1. The van der Waals surface area contributed by atoms with Crippen LogP contribution in [0, 0.1) is 0 Å². The van der Waals surface area contributed by atoms with Crippen LogP contribution in [0.4, 0.5) is 5.69 Å². The molecule has 1 amide bonds. The van der Waals surface area contributed by atoms with Gasteiger partial charge in [-0.3, -0.25) is 4.79 Å². The van der Waals surface area contributed by atoms with Crippen LogP contribution >= 0.6 is 27.5 Å². The van der Waals surface area contributed by atoms with Crippen LogP contribution in [0.3, 0.4) is 0 Å². The lowest BCUT2D eigenvalue weighted by molar-refractivity contribution is 0.0989. The Labute approximate surface area is 153 Å². The van der Waals surface area contributed by atoms with Crippen LogP contribution in [0.25, 0.3) is 0 Å². The zero-order chi connectivity index (χ0) is 17.5. The second kappa shape index (κ2) is 6.48. The fourth-order valence-electron chi connectivity index (χ4n) is 2.68. The van der Waals surface area contributed by atoms with Gasteiger partial charge in [-0.05, 0) is 55.4 Å². The number of halogens is 2. The van der Waals surface area contributed by atoms with Crippen LogP contribution in [0.5, 0.6) is 0 Å². The second-order valence-corrected chi connectivity index (χ2v) is 8.54. The van der Waals surface area contributed by atoms with E-state index in [1.54, 1.807) is 35.2 Å². The molecule has 1 heterocycles. The van der Waals surface area contributed by atoms with Crippen LogP contribution in [-0.2, 0) is 16.4 Å². The standard InChI is InChI=1S/C16H14BrClN2O3S/c1-19-24(22,23)12-3-5-15-10(8-12)6-7-20(15)16(21)13-4-2-11(17)9-14(13)18/h2-5,8-9,19H,6-7H2,1H3. The first-order valence-electron chi connectivity index (χ1n) is 7.17. The van der Waals surface area contributed by atoms with Gasteiger partial charge in [-0.25, -0.2) is 13.1 Å². The Hall–Kier alpha value is -1.41. The van der Waals surface area contributed by atoms with Crippen LogP contribution in [0.15, 0.2) is 45.8 Å². The molecule has 0 atom stereocenters. The number of carbonyl (C=O) groups excluding carboxylic acids is 1. The molecule has 0 saturated heterocycles. The normalized spacial score (nSPS) is 13.9. The predicted molar refractivity (Wildman–Crippen MR) is 97.2 cm³/mol. The van der Waals surface area contributed by atoms with Gasteiger partial charge in [0.1, 0.15) is 0 Å². The van der Waals surface area contributed by atoms with Crippen molar-refractivity contribution in [2.24, 2.45) is 0 Å². The fraction of sp³-hybridized carbons (Fsp3) is 0.188. The van der Waals surface area contributed by atoms with E-state index in [1.807, 2.05) is 0 Å². The van der Waals surface area contributed by atoms with Crippen molar-refractivity contribution in [3.63, 3.8) is 0 Å². The average molecular weight is 430 g/mol. The van der Waals surface area contributed by atoms with Gasteiger partial charge in [0, 0.05) is 16.7 Å². The smallest absolute Gasteiger partial charge is 0.259 e. The molecular formula is C16H14BrClN2O3S. The van der Waals surface area contributed by atoms with Crippen molar-refractivity contribution >= 4 is 49.1 Å². The van der Waals surface area contributed by atoms with E-state index in [1.165, 1.54) is 13.1 Å². The summed E-state index contributed by atoms with van der Waals surface area (Å²) in [6.07, 6.45) is 0.599. The molecule has 0 aromatic heterocycles. The molecule has 1 aliphatic heterocycles. The Kier molecular flexibility index (Phi) is 4.70. The van der Waals surface area contributed by atoms with Gasteiger partial charge in [0.25, 0.3) is 5.91 Å². The van der Waals surface area contributed by atoms with Gasteiger partial charge >= 0.3 is 0 Å². The first-order valence-corrected chi connectivity index (χ1v) is 9.82. The van der Waals surface area contributed by atoms with Crippen molar-refractivity contribution in [3.8, 4) is 0 Å². The summed E-state index contributed by atoms with van der Waals surface area (Å²) in [7, 11) is -2.13. The molecule has 0 saturated carbocycles. The van der Waals surface area contributed by atoms with E-state index in [4.69, 9.17) is 11.6 Å². The van der Waals surface area contributed by atoms with E-state index < -0.39 is 10.0 Å². The summed E-state index contributed by atoms with van der Waals surface area (Å²) in [5, 5.41) is 0.372. The Bertz CT molecular complexity index is 931. The minimum Gasteiger partial charge on any atom is -0.308 e. The topological polar surface area (TPSA) is 66.5 Å². The highest BCUT2D eigenvalue weighted by atomic mass is 79.9. The number of benzene rings is 2. The maximum Gasteiger partial charge on any atom is 0.259 e. The molecule has 2 aromatic rings. The van der Waals surface area contributed by atoms with Gasteiger partial charge in [0.05, 0.1) is 15.5 Å². The molecule has 24 heavy (non-hydrogen) atoms. The van der Waals surface area contributed by atoms with Crippen LogP contribution in [0.2, 0.25) is 5.02 Å². The number of nitrogens with zero attached hydrogens (tertiary/aromatic N) is 1. The third-order valence-electron chi connectivity index (χ3n) is 3.93. The van der Waals surface area contributed by atoms with Crippen molar-refractivity contribution in [2.75, 3.05) is 18.5 Å². The zero-order valence-electron chi connectivity index (χ0n) is 12.7. The summed E-state index contributed by atoms with van der Waals surface area (Å²) in [5.41, 5.74) is 1.96. The van der Waals surface area contributed by atoms with E-state index in [0.717, 1.165) is 10.0 Å². The zero-order valence-corrected chi connectivity index (χ0v) is 15.9. The average Bonchev–Trinajstić information content (AvgIpc) is 2.97. The number of sulfonamides is 1. The molecule has 5 nitrogen and oxygen atoms in total. The van der Waals surface area contributed by atoms with Gasteiger partial charge in [0.15, 0.2) is 0 Å². The summed E-state index contributed by atoms with van der Waals surface area (Å²) in [4.78, 5) is 14.6. The third-order valence-corrected chi connectivity index (χ3v) is 6.15. The lowest BCUT2D eigenvalue weighted by Gasteiger charge is -2.18. The van der Waals surface area contributed by atoms with E-state index in [0.29, 0.717) is 29.2 Å². The molecule has 8 heteroatoms. The van der Waals surface area contributed by atoms with Crippen LogP contribution < -0.4 is 9.62 Å². The molecule has 0 fully saturated rings. The van der Waals surface area contributed by atoms with Gasteiger partial charge in [-0.15, -0.1) is 0 Å². The Morgan fingerprint density at radius 3 is 2.67 bits per heavy atom. The summed E-state index contributed by atoms with van der Waals surface area (Å²) in [5.74, 6) is -0.199. The summed E-state index contributed by atoms with van der Waals surface area (Å²) in [6, 6.07) is 9.88. The van der Waals surface area contributed by atoms with Gasteiger partial charge < -0.3 is 4.90 Å². The molecule has 0 bridgehead atoms. The van der Waals surface area contributed by atoms with Crippen molar-refractivity contribution in [3.05, 3.63) is 57.0 Å². The minimum atomic E-state index is -3.50. The molecule has 1 N–H and O–H groups in total. The van der Waals surface area contributed by atoms with Crippen molar-refractivity contribution in [1.82, 2.24) is 4.72 Å². The number of anilines is 1. The molecule has 0 spiro atoms. The number of hydrogen-bond acceptors (Lipinski definition) is 3. The number of nitrogens with one attached hydrogen (secondary N) is 1. The summed E-state index contributed by atoms with van der Waals surface area (Å²) >= 11 is 9.48. The highest BCUT2D eigenvalue weighted by Crippen LogP contribution is 2.32. The van der Waals surface area contributed by atoms with Gasteiger partial charge in [-0.2, -0.15) is 0 Å². The van der Waals surface area contributed by atoms with E-state index >= 15 is 0 Å². The fourth-order valence-corrected chi connectivity index (χ4v) is 4.22. The van der Waals surface area contributed by atoms with Gasteiger partial charge in [0.2, 0.25) is 10.0 Å². The Morgan fingerprint density at radius 2 is 2.00 bits per heavy atom. The highest BCUT2D eigenvalue weighted by Gasteiger charge is 2.28. The SMILES string of the molecule is CNS(=O)(=O)c1ccc2c(c1)CCN2C(=O)c1ccc(Br)cc1Cl. The number of carbonyl (C=O) groups is 1. The van der Waals surface area contributed by atoms with E-state index in [-0.39, 0.29) is 10.8 Å². The quantitative estimate of drug-likeness (QED) is 0.815. The molecule has 126 valence electrons. The lowest BCUT2D eigenvalue weighted by atomic mass is 10.1. The number of rotatable bonds is 3. The summed E-state index contributed by atoms with van der Waals surface area (Å²) < 4.78 is 26.9. The number of amides is 1. The Balaban J connectivity index is 1.96. The predicted octanol–water partition coefficient (Wildman–Crippen LogP) is 3.21. The van der Waals surface area contributed by atoms with Crippen molar-refractivity contribution in [2.45, 2.75) is 11.3 Å². The van der Waals surface area contributed by atoms with E-state index in [9.17, 15) is 13.2 Å². The first-order chi connectivity index (χ1) is 11.3. The molecule has 2 aromatic carbocycles. The largest absolute Gasteiger partial charge is 0.308 e. The van der Waals surface area contributed by atoms with Crippen molar-refractivity contribution in [1.29, 1.82) is 0 Å². The first kappa shape index (κ1) is 17.4. The minimum absolute atomic E-state index is 0.194. The number of fused-ring (bicyclic) bond motifs is 1. The van der Waals surface area contributed by atoms with E-state index in [2.05, 4.69) is 20.7 Å². The molecule has 0 aliphatic carbocycles. The van der Waals surface area contributed by atoms with Crippen molar-refractivity contribution < 1.29 is 13.2 Å². The highest BCUT2D eigenvalue weighted by molar-refractivity contribution is 9.10. The maximum absolute atomic E-state index is 12.8. The summed E-state index contributed by atoms with van der Waals surface area (Å²) in [6.45, 7) is 0.490. The van der Waals surface area contributed by atoms with Crippen LogP contribution in [-0.4, -0.2) is 27.9 Å². The third kappa shape index (κ3) is 3.09. The molecule has 3 rings (SSSR count). The monoisotopic (exact) mass is 428 g/mol. The molecule has 0 unspecified atom stereocenters. The Morgan fingerprint density at radius 1 is 1.25 bits per heavy atom.